The van der Waals surface area contributed by atoms with Gasteiger partial charge in [0.05, 0.1) is 0 Å². The number of ether oxygens (including phenoxy) is 2. The minimum atomic E-state index is -0.421. The molecule has 6 heteroatoms. The molecule has 4 fully saturated rings. The molecule has 0 N–H and O–H groups in total. The lowest BCUT2D eigenvalue weighted by molar-refractivity contribution is -0.163. The summed E-state index contributed by atoms with van der Waals surface area (Å²) in [5.41, 5.74) is 0. The van der Waals surface area contributed by atoms with Crippen LogP contribution in [0.1, 0.15) is 57.8 Å². The van der Waals surface area contributed by atoms with Gasteiger partial charge in [-0.3, -0.25) is 9.59 Å². The molecule has 6 nitrogen and oxygen atoms in total. The molecule has 0 aromatic heterocycles. The van der Waals surface area contributed by atoms with Gasteiger partial charge in [0, 0.05) is 24.2 Å². The van der Waals surface area contributed by atoms with Gasteiger partial charge in [0.1, 0.15) is 18.6 Å². The first kappa shape index (κ1) is 17.3. The van der Waals surface area contributed by atoms with Crippen LogP contribution in [0.25, 0.3) is 0 Å². The maximum Gasteiger partial charge on any atom is 0.317 e. The molecule has 4 bridgehead atoms. The van der Waals surface area contributed by atoms with Crippen molar-refractivity contribution >= 4 is 11.9 Å². The maximum absolute atomic E-state index is 12.1. The molecule has 0 radical (unpaired) electrons. The van der Waals surface area contributed by atoms with Crippen LogP contribution in [-0.4, -0.2) is 72.2 Å². The van der Waals surface area contributed by atoms with Crippen molar-refractivity contribution in [2.24, 2.45) is 0 Å². The zero-order chi connectivity index (χ0) is 17.6. The van der Waals surface area contributed by atoms with Gasteiger partial charge in [-0.05, 0) is 65.5 Å². The summed E-state index contributed by atoms with van der Waals surface area (Å²) in [6, 6.07) is 2.10. The van der Waals surface area contributed by atoms with Crippen LogP contribution < -0.4 is 0 Å². The van der Waals surface area contributed by atoms with E-state index >= 15 is 0 Å². The van der Waals surface area contributed by atoms with E-state index in [1.54, 1.807) is 0 Å². The van der Waals surface area contributed by atoms with Gasteiger partial charge in [0.15, 0.2) is 0 Å². The highest BCUT2D eigenvalue weighted by atomic mass is 16.6. The first-order chi connectivity index (χ1) is 12.0. The molecule has 0 aromatic rings. The number of nitrogens with zero attached hydrogens (tertiary/aromatic N) is 2. The fourth-order valence-corrected chi connectivity index (χ4v) is 5.49. The normalized spacial score (nSPS) is 40.9. The molecule has 4 heterocycles. The van der Waals surface area contributed by atoms with Crippen molar-refractivity contribution in [1.82, 2.24) is 9.80 Å². The lowest BCUT2D eigenvalue weighted by Crippen LogP contribution is -2.44. The van der Waals surface area contributed by atoms with Gasteiger partial charge in [-0.1, -0.05) is 0 Å². The number of rotatable bonds is 4. The van der Waals surface area contributed by atoms with Crippen molar-refractivity contribution in [2.45, 2.75) is 94.2 Å². The fraction of sp³-hybridized carbons (Fsp3) is 0.895. The zero-order valence-electron chi connectivity index (χ0n) is 15.4. The van der Waals surface area contributed by atoms with Crippen molar-refractivity contribution < 1.29 is 19.1 Å². The highest BCUT2D eigenvalue weighted by Gasteiger charge is 2.41. The lowest BCUT2D eigenvalue weighted by Gasteiger charge is -2.36. The maximum atomic E-state index is 12.1. The van der Waals surface area contributed by atoms with E-state index in [2.05, 4.69) is 23.9 Å². The molecule has 0 aliphatic carbocycles. The second kappa shape index (κ2) is 6.88. The molecule has 6 atom stereocenters. The van der Waals surface area contributed by atoms with E-state index in [4.69, 9.17) is 9.47 Å². The molecule has 140 valence electrons. The molecule has 4 rings (SSSR count). The van der Waals surface area contributed by atoms with E-state index in [0.717, 1.165) is 25.7 Å². The quantitative estimate of drug-likeness (QED) is 0.568. The number of fused-ring (bicyclic) bond motifs is 4. The van der Waals surface area contributed by atoms with Crippen molar-refractivity contribution in [3.63, 3.8) is 0 Å². The Bertz CT molecular complexity index is 466. The van der Waals surface area contributed by atoms with Crippen LogP contribution in [0, 0.1) is 0 Å². The predicted molar refractivity (Wildman–Crippen MR) is 92.0 cm³/mol. The minimum Gasteiger partial charge on any atom is -0.462 e. The summed E-state index contributed by atoms with van der Waals surface area (Å²) in [5.74, 6) is -0.843. The summed E-state index contributed by atoms with van der Waals surface area (Å²) < 4.78 is 11.2. The minimum absolute atomic E-state index is 0.0341. The van der Waals surface area contributed by atoms with Crippen LogP contribution in [0.15, 0.2) is 0 Å². The molecular weight excluding hydrogens is 320 g/mol. The summed E-state index contributed by atoms with van der Waals surface area (Å²) >= 11 is 0. The Hall–Kier alpha value is -1.14. The van der Waals surface area contributed by atoms with Gasteiger partial charge in [-0.2, -0.15) is 0 Å². The Morgan fingerprint density at radius 1 is 0.720 bits per heavy atom. The molecule has 0 saturated carbocycles. The molecular formula is C19H30N2O4. The summed E-state index contributed by atoms with van der Waals surface area (Å²) in [5, 5.41) is 0. The van der Waals surface area contributed by atoms with Gasteiger partial charge in [-0.15, -0.1) is 0 Å². The molecule has 25 heavy (non-hydrogen) atoms. The average Bonchev–Trinajstić information content (AvgIpc) is 2.91. The van der Waals surface area contributed by atoms with Crippen LogP contribution in [0.3, 0.4) is 0 Å². The zero-order valence-corrected chi connectivity index (χ0v) is 15.4. The lowest BCUT2D eigenvalue weighted by atomic mass is 10.0. The van der Waals surface area contributed by atoms with Crippen LogP contribution >= 0.6 is 0 Å². The number of carbonyl (C=O) groups excluding carboxylic acids is 2. The van der Waals surface area contributed by atoms with Gasteiger partial charge in [0.25, 0.3) is 0 Å². The van der Waals surface area contributed by atoms with E-state index in [1.807, 2.05) is 0 Å². The summed E-state index contributed by atoms with van der Waals surface area (Å²) in [6.07, 6.45) is 8.03. The molecule has 4 saturated heterocycles. The van der Waals surface area contributed by atoms with Gasteiger partial charge in [0.2, 0.25) is 0 Å². The summed E-state index contributed by atoms with van der Waals surface area (Å²) in [7, 11) is 4.32. The third kappa shape index (κ3) is 3.56. The van der Waals surface area contributed by atoms with Crippen LogP contribution in [0.4, 0.5) is 0 Å². The smallest absolute Gasteiger partial charge is 0.317 e. The molecule has 0 spiro atoms. The Kier molecular flexibility index (Phi) is 4.75. The van der Waals surface area contributed by atoms with Crippen molar-refractivity contribution in [3.8, 4) is 0 Å². The number of hydrogen-bond acceptors (Lipinski definition) is 6. The number of hydrogen-bond donors (Lipinski definition) is 0. The van der Waals surface area contributed by atoms with E-state index in [9.17, 15) is 9.59 Å². The highest BCUT2D eigenvalue weighted by molar-refractivity contribution is 5.91. The number of carbonyl (C=O) groups is 2. The van der Waals surface area contributed by atoms with E-state index in [1.165, 1.54) is 25.7 Å². The largest absolute Gasteiger partial charge is 0.462 e. The Labute approximate surface area is 149 Å². The van der Waals surface area contributed by atoms with Crippen molar-refractivity contribution in [1.29, 1.82) is 0 Å². The fourth-order valence-electron chi connectivity index (χ4n) is 5.49. The third-order valence-electron chi connectivity index (χ3n) is 6.99. The summed E-state index contributed by atoms with van der Waals surface area (Å²) in [4.78, 5) is 29.1. The SMILES string of the molecule is CN1[C@@H]2CC[C@H]1CC(OC(=O)CC(=O)OC1C[C@H]3CC[C@@H](C1)N3C)C2. The second-order valence-electron chi connectivity index (χ2n) is 8.44. The predicted octanol–water partition coefficient (Wildman–Crippen LogP) is 1.71. The second-order valence-corrected chi connectivity index (χ2v) is 8.44. The van der Waals surface area contributed by atoms with Crippen LogP contribution in [-0.2, 0) is 19.1 Å². The molecule has 4 aliphatic rings. The summed E-state index contributed by atoms with van der Waals surface area (Å²) in [6.45, 7) is 0. The third-order valence-corrected chi connectivity index (χ3v) is 6.99. The van der Waals surface area contributed by atoms with Gasteiger partial charge < -0.3 is 19.3 Å². The van der Waals surface area contributed by atoms with E-state index in [0.29, 0.717) is 24.2 Å². The van der Waals surface area contributed by atoms with Crippen LogP contribution in [0.5, 0.6) is 0 Å². The standard InChI is InChI=1S/C19H30N2O4/c1-20-12-3-4-13(20)8-16(7-12)24-18(22)11-19(23)25-17-9-14-5-6-15(10-17)21(14)2/h12-17H,3-11H2,1-2H3/t12-,13+,14-,15+,16?,17?. The van der Waals surface area contributed by atoms with E-state index in [-0.39, 0.29) is 18.6 Å². The Morgan fingerprint density at radius 2 is 1.04 bits per heavy atom. The number of esters is 2. The Morgan fingerprint density at radius 3 is 1.36 bits per heavy atom. The Balaban J connectivity index is 1.21. The van der Waals surface area contributed by atoms with Crippen LogP contribution in [0.2, 0.25) is 0 Å². The topological polar surface area (TPSA) is 59.1 Å². The average molecular weight is 350 g/mol. The van der Waals surface area contributed by atoms with Crippen molar-refractivity contribution in [3.05, 3.63) is 0 Å². The first-order valence-electron chi connectivity index (χ1n) is 9.82. The van der Waals surface area contributed by atoms with Gasteiger partial charge in [-0.25, -0.2) is 0 Å². The molecule has 0 aromatic carbocycles. The first-order valence-corrected chi connectivity index (χ1v) is 9.82. The molecule has 2 unspecified atom stereocenters. The highest BCUT2D eigenvalue weighted by Crippen LogP contribution is 2.36. The number of piperidine rings is 2. The monoisotopic (exact) mass is 350 g/mol. The molecule has 0 amide bonds. The van der Waals surface area contributed by atoms with Gasteiger partial charge >= 0.3 is 11.9 Å². The van der Waals surface area contributed by atoms with Crippen molar-refractivity contribution in [2.75, 3.05) is 14.1 Å². The van der Waals surface area contributed by atoms with E-state index < -0.39 is 11.9 Å². The molecule has 4 aliphatic heterocycles.